The second-order valence-electron chi connectivity index (χ2n) is 12.2. The van der Waals surface area contributed by atoms with E-state index >= 15 is 0 Å². The summed E-state index contributed by atoms with van der Waals surface area (Å²) < 4.78 is 40.2. The molecular weight excluding hydrogens is 552 g/mol. The summed E-state index contributed by atoms with van der Waals surface area (Å²) in [6.45, 7) is 8.14. The Morgan fingerprint density at radius 1 is 0.930 bits per heavy atom. The van der Waals surface area contributed by atoms with Crippen LogP contribution in [0.15, 0.2) is 42.5 Å². The zero-order chi connectivity index (χ0) is 30.9. The molecule has 2 fully saturated rings. The fourth-order valence-electron chi connectivity index (χ4n) is 5.89. The van der Waals surface area contributed by atoms with Crippen LogP contribution in [0.4, 0.5) is 19.4 Å². The lowest BCUT2D eigenvalue weighted by molar-refractivity contribution is 0.0266. The van der Waals surface area contributed by atoms with Crippen LogP contribution in [0.25, 0.3) is 22.4 Å². The van der Waals surface area contributed by atoms with Gasteiger partial charge >= 0.3 is 6.09 Å². The Kier molecular flexibility index (Phi) is 7.98. The Bertz CT molecular complexity index is 1650. The number of carbonyl (C=O) groups is 1. The number of amides is 1. The summed E-state index contributed by atoms with van der Waals surface area (Å²) in [6.07, 6.45) is 2.23. The van der Waals surface area contributed by atoms with E-state index in [1.54, 1.807) is 23.1 Å². The van der Waals surface area contributed by atoms with Crippen LogP contribution < -0.4 is 9.64 Å². The molecule has 0 aliphatic carbocycles. The lowest BCUT2D eigenvalue weighted by Crippen LogP contribution is -2.43. The summed E-state index contributed by atoms with van der Waals surface area (Å²) >= 11 is 0. The van der Waals surface area contributed by atoms with Crippen LogP contribution >= 0.6 is 0 Å². The van der Waals surface area contributed by atoms with Crippen LogP contribution in [0.3, 0.4) is 0 Å². The average Bonchev–Trinajstić information content (AvgIpc) is 3.39. The Hall–Kier alpha value is -4.70. The summed E-state index contributed by atoms with van der Waals surface area (Å²) in [7, 11) is 1.36. The van der Waals surface area contributed by atoms with Crippen molar-refractivity contribution in [3.8, 4) is 40.3 Å². The summed E-state index contributed by atoms with van der Waals surface area (Å²) in [6, 6.07) is 14.2. The number of nitrogens with zero attached hydrogens (tertiary/aromatic N) is 5. The first-order valence-corrected chi connectivity index (χ1v) is 14.2. The molecule has 43 heavy (non-hydrogen) atoms. The molecule has 2 aliphatic rings. The number of rotatable bonds is 4. The minimum absolute atomic E-state index is 0.0227. The monoisotopic (exact) mass is 585 g/mol. The van der Waals surface area contributed by atoms with E-state index in [-0.39, 0.29) is 28.4 Å². The highest BCUT2D eigenvalue weighted by Gasteiger charge is 2.43. The molecule has 0 atom stereocenters. The van der Waals surface area contributed by atoms with Crippen LogP contribution in [-0.4, -0.2) is 54.9 Å². The predicted octanol–water partition coefficient (Wildman–Crippen LogP) is 6.67. The van der Waals surface area contributed by atoms with E-state index in [2.05, 4.69) is 11.0 Å². The van der Waals surface area contributed by atoms with Gasteiger partial charge in [0.1, 0.15) is 23.3 Å². The Morgan fingerprint density at radius 2 is 1.58 bits per heavy atom. The molecule has 0 N–H and O–H groups in total. The summed E-state index contributed by atoms with van der Waals surface area (Å²) in [5.41, 5.74) is 0.971. The average molecular weight is 586 g/mol. The minimum Gasteiger partial charge on any atom is -0.494 e. The topological polar surface area (TPSA) is 102 Å². The number of benzene rings is 2. The van der Waals surface area contributed by atoms with Gasteiger partial charge in [-0.05, 0) is 81.3 Å². The van der Waals surface area contributed by atoms with Gasteiger partial charge in [-0.1, -0.05) is 12.1 Å². The predicted molar refractivity (Wildman–Crippen MR) is 157 cm³/mol. The highest BCUT2D eigenvalue weighted by Crippen LogP contribution is 2.43. The molecule has 1 aromatic heterocycles. The number of ether oxygens (including phenoxy) is 2. The second kappa shape index (κ2) is 11.5. The highest BCUT2D eigenvalue weighted by molar-refractivity contribution is 5.87. The molecular formula is C33H33F2N5O3. The zero-order valence-corrected chi connectivity index (χ0v) is 24.7. The number of pyridine rings is 1. The van der Waals surface area contributed by atoms with Gasteiger partial charge in [0.2, 0.25) is 0 Å². The number of hydrogen-bond acceptors (Lipinski definition) is 7. The van der Waals surface area contributed by atoms with Gasteiger partial charge in [-0.15, -0.1) is 0 Å². The number of nitriles is 2. The first kappa shape index (κ1) is 29.8. The Balaban J connectivity index is 1.48. The van der Waals surface area contributed by atoms with Gasteiger partial charge in [0, 0.05) is 37.3 Å². The van der Waals surface area contributed by atoms with E-state index in [4.69, 9.17) is 14.5 Å². The molecule has 2 saturated heterocycles. The van der Waals surface area contributed by atoms with Crippen LogP contribution in [0, 0.1) is 39.7 Å². The number of aromatic nitrogens is 1. The van der Waals surface area contributed by atoms with Crippen molar-refractivity contribution in [1.29, 1.82) is 10.5 Å². The van der Waals surface area contributed by atoms with Crippen molar-refractivity contribution >= 4 is 11.9 Å². The van der Waals surface area contributed by atoms with E-state index < -0.39 is 17.2 Å². The highest BCUT2D eigenvalue weighted by atomic mass is 19.1. The number of halogens is 2. The number of carbonyl (C=O) groups excluding carboxylic acids is 1. The van der Waals surface area contributed by atoms with E-state index in [0.717, 1.165) is 19.3 Å². The molecule has 2 aromatic carbocycles. The summed E-state index contributed by atoms with van der Waals surface area (Å²) in [5.74, 6) is -0.723. The van der Waals surface area contributed by atoms with Crippen LogP contribution in [0.2, 0.25) is 0 Å². The minimum atomic E-state index is -0.715. The molecule has 1 spiro atoms. The van der Waals surface area contributed by atoms with Gasteiger partial charge in [-0.25, -0.2) is 18.6 Å². The molecule has 3 heterocycles. The molecule has 0 saturated carbocycles. The molecule has 0 radical (unpaired) electrons. The second-order valence-corrected chi connectivity index (χ2v) is 12.2. The van der Waals surface area contributed by atoms with Gasteiger partial charge in [0.15, 0.2) is 11.6 Å². The molecule has 0 unspecified atom stereocenters. The molecule has 8 nitrogen and oxygen atoms in total. The maximum atomic E-state index is 14.8. The quantitative estimate of drug-likeness (QED) is 0.337. The first-order valence-electron chi connectivity index (χ1n) is 14.2. The molecule has 5 rings (SSSR count). The fraction of sp³-hybridized carbons (Fsp3) is 0.394. The van der Waals surface area contributed by atoms with Crippen LogP contribution in [0.1, 0.15) is 51.2 Å². The van der Waals surface area contributed by atoms with E-state index in [1.165, 1.54) is 31.4 Å². The zero-order valence-electron chi connectivity index (χ0n) is 24.7. The number of methoxy groups -OCH3 is 1. The van der Waals surface area contributed by atoms with Crippen molar-refractivity contribution < 1.29 is 23.0 Å². The lowest BCUT2D eigenvalue weighted by Gasteiger charge is -2.40. The number of piperidine rings is 1. The van der Waals surface area contributed by atoms with E-state index in [9.17, 15) is 24.1 Å². The summed E-state index contributed by atoms with van der Waals surface area (Å²) in [5, 5.41) is 19.5. The summed E-state index contributed by atoms with van der Waals surface area (Å²) in [4.78, 5) is 21.4. The number of likely N-dealkylation sites (tertiary alicyclic amines) is 1. The van der Waals surface area contributed by atoms with E-state index in [1.807, 2.05) is 26.8 Å². The molecule has 0 bridgehead atoms. The van der Waals surface area contributed by atoms with Gasteiger partial charge < -0.3 is 19.3 Å². The maximum Gasteiger partial charge on any atom is 0.410 e. The third-order valence-electron chi connectivity index (χ3n) is 8.17. The van der Waals surface area contributed by atoms with Crippen molar-refractivity contribution in [3.05, 3.63) is 65.2 Å². The van der Waals surface area contributed by atoms with Crippen LogP contribution in [-0.2, 0) is 4.74 Å². The smallest absolute Gasteiger partial charge is 0.410 e. The Labute approximate surface area is 250 Å². The van der Waals surface area contributed by atoms with Crippen molar-refractivity contribution in [3.63, 3.8) is 0 Å². The normalized spacial score (nSPS) is 16.1. The first-order chi connectivity index (χ1) is 20.5. The third-order valence-corrected chi connectivity index (χ3v) is 8.17. The Morgan fingerprint density at radius 3 is 2.19 bits per heavy atom. The molecule has 222 valence electrons. The maximum absolute atomic E-state index is 14.8. The van der Waals surface area contributed by atoms with Gasteiger partial charge in [-0.2, -0.15) is 10.5 Å². The number of anilines is 1. The van der Waals surface area contributed by atoms with Gasteiger partial charge in [-0.3, -0.25) is 0 Å². The lowest BCUT2D eigenvalue weighted by atomic mass is 9.78. The molecule has 10 heteroatoms. The number of hydrogen-bond donors (Lipinski definition) is 0. The SMILES string of the molecule is COc1ccc(-c2c(C#N)cc(N3CCC4(CCN(C(=O)OC(C)(C)C)C4)CC3)nc2-c2ccc(C#N)c(F)c2)cc1F. The van der Waals surface area contributed by atoms with Gasteiger partial charge in [0.05, 0.1) is 30.0 Å². The fourth-order valence-corrected chi connectivity index (χ4v) is 5.89. The van der Waals surface area contributed by atoms with Crippen molar-refractivity contribution in [2.24, 2.45) is 5.41 Å². The van der Waals surface area contributed by atoms with Crippen molar-refractivity contribution in [2.45, 2.75) is 45.6 Å². The molecule has 3 aromatic rings. The van der Waals surface area contributed by atoms with Crippen LogP contribution in [0.5, 0.6) is 5.75 Å². The largest absolute Gasteiger partial charge is 0.494 e. The molecule has 1 amide bonds. The van der Waals surface area contributed by atoms with Crippen molar-refractivity contribution in [2.75, 3.05) is 38.2 Å². The van der Waals surface area contributed by atoms with E-state index in [0.29, 0.717) is 54.4 Å². The standard InChI is InChI=1S/C33H33F2N5O3/c1-32(2,3)43-31(41)40-14-11-33(20-40)9-12-39(13-10-33)28-17-24(19-37)29(21-7-8-27(42-4)26(35)15-21)30(38-28)22-5-6-23(18-36)25(34)16-22/h5-8,15-17H,9-14,20H2,1-4H3. The van der Waals surface area contributed by atoms with Gasteiger partial charge in [0.25, 0.3) is 0 Å². The third kappa shape index (κ3) is 6.10. The van der Waals surface area contributed by atoms with Crippen molar-refractivity contribution in [1.82, 2.24) is 9.88 Å². The molecule has 2 aliphatic heterocycles.